The third-order valence-electron chi connectivity index (χ3n) is 4.99. The highest BCUT2D eigenvalue weighted by atomic mass is 16.6. The van der Waals surface area contributed by atoms with Gasteiger partial charge in [-0.1, -0.05) is 18.2 Å². The topological polar surface area (TPSA) is 77.1 Å². The first kappa shape index (κ1) is 19.3. The summed E-state index contributed by atoms with van der Waals surface area (Å²) in [7, 11) is 1.73. The molecule has 0 saturated carbocycles. The van der Waals surface area contributed by atoms with Gasteiger partial charge in [0.15, 0.2) is 17.6 Å². The summed E-state index contributed by atoms with van der Waals surface area (Å²) in [4.78, 5) is 26.7. The van der Waals surface area contributed by atoms with Crippen LogP contribution in [-0.2, 0) is 9.53 Å². The molecule has 7 nitrogen and oxygen atoms in total. The Morgan fingerprint density at radius 2 is 1.97 bits per heavy atom. The lowest BCUT2D eigenvalue weighted by Crippen LogP contribution is -2.41. The van der Waals surface area contributed by atoms with E-state index < -0.39 is 6.10 Å². The van der Waals surface area contributed by atoms with Crippen LogP contribution in [0.3, 0.4) is 0 Å². The molecule has 0 aliphatic carbocycles. The molecule has 2 aliphatic rings. The van der Waals surface area contributed by atoms with E-state index in [2.05, 4.69) is 5.32 Å². The molecule has 2 aromatic carbocycles. The molecule has 2 aliphatic heterocycles. The number of likely N-dealkylation sites (N-methyl/N-ethyl adjacent to an activating group) is 1. The predicted octanol–water partition coefficient (Wildman–Crippen LogP) is 2.72. The summed E-state index contributed by atoms with van der Waals surface area (Å²) in [6.07, 6.45) is 0.947. The lowest BCUT2D eigenvalue weighted by Gasteiger charge is -2.29. The lowest BCUT2D eigenvalue weighted by atomic mass is 10.1. The number of fused-ring (bicyclic) bond motifs is 1. The van der Waals surface area contributed by atoms with E-state index in [9.17, 15) is 9.59 Å². The minimum Gasteiger partial charge on any atom is -0.486 e. The maximum atomic E-state index is 12.9. The van der Waals surface area contributed by atoms with Gasteiger partial charge >= 0.3 is 0 Å². The Morgan fingerprint density at radius 1 is 1.14 bits per heavy atom. The van der Waals surface area contributed by atoms with Gasteiger partial charge in [0, 0.05) is 24.9 Å². The Kier molecular flexibility index (Phi) is 5.67. The number of ether oxygens (including phenoxy) is 3. The Labute approximate surface area is 169 Å². The molecule has 2 heterocycles. The van der Waals surface area contributed by atoms with Gasteiger partial charge in [0.2, 0.25) is 0 Å². The number of para-hydroxylation sites is 2. The number of hydrogen-bond donors (Lipinski definition) is 1. The highest BCUT2D eigenvalue weighted by Crippen LogP contribution is 2.31. The molecule has 4 rings (SSSR count). The zero-order valence-electron chi connectivity index (χ0n) is 16.3. The van der Waals surface area contributed by atoms with Crippen molar-refractivity contribution in [3.8, 4) is 11.5 Å². The molecule has 2 atom stereocenters. The van der Waals surface area contributed by atoms with Crippen LogP contribution in [-0.4, -0.2) is 55.7 Å². The van der Waals surface area contributed by atoms with Crippen molar-refractivity contribution in [3.63, 3.8) is 0 Å². The number of rotatable bonds is 5. The zero-order valence-corrected chi connectivity index (χ0v) is 16.3. The molecule has 0 aromatic heterocycles. The summed E-state index contributed by atoms with van der Waals surface area (Å²) in [6, 6.07) is 14.4. The van der Waals surface area contributed by atoms with Crippen LogP contribution >= 0.6 is 0 Å². The van der Waals surface area contributed by atoms with Crippen LogP contribution in [0.4, 0.5) is 5.69 Å². The minimum atomic E-state index is -0.414. The molecule has 0 radical (unpaired) electrons. The standard InChI is InChI=1S/C22H24N2O5/c1-24(13-17-14-28-18-8-2-3-9-19(18)29-17)22(26)15-6-4-7-16(12-15)23-21(25)20-10-5-11-27-20/h2-4,6-9,12,17,20H,5,10-11,13-14H2,1H3,(H,23,25). The van der Waals surface area contributed by atoms with E-state index in [-0.39, 0.29) is 17.9 Å². The fourth-order valence-electron chi connectivity index (χ4n) is 3.50. The van der Waals surface area contributed by atoms with Crippen molar-refractivity contribution in [3.05, 3.63) is 54.1 Å². The van der Waals surface area contributed by atoms with Crippen LogP contribution in [0.5, 0.6) is 11.5 Å². The van der Waals surface area contributed by atoms with E-state index in [0.717, 1.165) is 12.8 Å². The highest BCUT2D eigenvalue weighted by molar-refractivity contribution is 5.98. The van der Waals surface area contributed by atoms with Crippen molar-refractivity contribution < 1.29 is 23.8 Å². The largest absolute Gasteiger partial charge is 0.486 e. The number of carbonyl (C=O) groups excluding carboxylic acids is 2. The number of benzene rings is 2. The molecule has 152 valence electrons. The smallest absolute Gasteiger partial charge is 0.253 e. The summed E-state index contributed by atoms with van der Waals surface area (Å²) in [6.45, 7) is 1.38. The van der Waals surface area contributed by atoms with Gasteiger partial charge in [0.1, 0.15) is 12.7 Å². The molecule has 2 unspecified atom stereocenters. The van der Waals surface area contributed by atoms with Crippen LogP contribution in [0, 0.1) is 0 Å². The predicted molar refractivity (Wildman–Crippen MR) is 107 cm³/mol. The highest BCUT2D eigenvalue weighted by Gasteiger charge is 2.25. The number of nitrogens with one attached hydrogen (secondary N) is 1. The van der Waals surface area contributed by atoms with Gasteiger partial charge in [0.25, 0.3) is 11.8 Å². The van der Waals surface area contributed by atoms with Crippen molar-refractivity contribution >= 4 is 17.5 Å². The maximum absolute atomic E-state index is 12.9. The quantitative estimate of drug-likeness (QED) is 0.841. The van der Waals surface area contributed by atoms with Crippen molar-refractivity contribution in [1.82, 2.24) is 4.90 Å². The van der Waals surface area contributed by atoms with Crippen molar-refractivity contribution in [2.24, 2.45) is 0 Å². The maximum Gasteiger partial charge on any atom is 0.253 e. The second-order valence-corrected chi connectivity index (χ2v) is 7.25. The first-order valence-electron chi connectivity index (χ1n) is 9.76. The van der Waals surface area contributed by atoms with Gasteiger partial charge in [-0.25, -0.2) is 0 Å². The van der Waals surface area contributed by atoms with Gasteiger partial charge in [-0.05, 0) is 43.2 Å². The van der Waals surface area contributed by atoms with E-state index in [1.807, 2.05) is 24.3 Å². The molecule has 2 aromatic rings. The molecule has 7 heteroatoms. The van der Waals surface area contributed by atoms with Gasteiger partial charge in [-0.2, -0.15) is 0 Å². The van der Waals surface area contributed by atoms with E-state index in [0.29, 0.717) is 42.5 Å². The summed E-state index contributed by atoms with van der Waals surface area (Å²) in [5.74, 6) is 1.07. The summed E-state index contributed by atoms with van der Waals surface area (Å²) in [5.41, 5.74) is 1.07. The molecule has 0 bridgehead atoms. The van der Waals surface area contributed by atoms with Crippen LogP contribution in [0.25, 0.3) is 0 Å². The fourth-order valence-corrected chi connectivity index (χ4v) is 3.50. The first-order valence-corrected chi connectivity index (χ1v) is 9.76. The van der Waals surface area contributed by atoms with E-state index >= 15 is 0 Å². The molecule has 29 heavy (non-hydrogen) atoms. The summed E-state index contributed by atoms with van der Waals surface area (Å²) in [5, 5.41) is 2.83. The van der Waals surface area contributed by atoms with Gasteiger partial charge in [-0.3, -0.25) is 9.59 Å². The van der Waals surface area contributed by atoms with Crippen LogP contribution in [0.1, 0.15) is 23.2 Å². The van der Waals surface area contributed by atoms with Crippen LogP contribution in [0.2, 0.25) is 0 Å². The van der Waals surface area contributed by atoms with E-state index in [1.54, 1.807) is 36.2 Å². The Morgan fingerprint density at radius 3 is 2.76 bits per heavy atom. The van der Waals surface area contributed by atoms with E-state index in [1.165, 1.54) is 0 Å². The number of nitrogens with zero attached hydrogens (tertiary/aromatic N) is 1. The molecule has 1 fully saturated rings. The summed E-state index contributed by atoms with van der Waals surface area (Å²) >= 11 is 0. The number of hydrogen-bond acceptors (Lipinski definition) is 5. The third kappa shape index (κ3) is 4.51. The fraction of sp³-hybridized carbons (Fsp3) is 0.364. The molecule has 2 amide bonds. The molecular weight excluding hydrogens is 372 g/mol. The van der Waals surface area contributed by atoms with Crippen molar-refractivity contribution in [1.29, 1.82) is 0 Å². The van der Waals surface area contributed by atoms with Crippen LogP contribution in [0.15, 0.2) is 48.5 Å². The number of amides is 2. The van der Waals surface area contributed by atoms with Crippen LogP contribution < -0.4 is 14.8 Å². The van der Waals surface area contributed by atoms with Gasteiger partial charge < -0.3 is 24.4 Å². The second-order valence-electron chi connectivity index (χ2n) is 7.25. The first-order chi connectivity index (χ1) is 14.1. The SMILES string of the molecule is CN(CC1COc2ccccc2O1)C(=O)c1cccc(NC(=O)C2CCCO2)c1. The van der Waals surface area contributed by atoms with Crippen molar-refractivity contribution in [2.45, 2.75) is 25.0 Å². The Balaban J connectivity index is 1.37. The second kappa shape index (κ2) is 8.53. The van der Waals surface area contributed by atoms with Crippen molar-refractivity contribution in [2.75, 3.05) is 32.1 Å². The normalized spacial score (nSPS) is 20.2. The van der Waals surface area contributed by atoms with E-state index in [4.69, 9.17) is 14.2 Å². The zero-order chi connectivity index (χ0) is 20.2. The molecule has 0 spiro atoms. The number of carbonyl (C=O) groups is 2. The molecule has 1 saturated heterocycles. The lowest BCUT2D eigenvalue weighted by molar-refractivity contribution is -0.124. The minimum absolute atomic E-state index is 0.152. The van der Waals surface area contributed by atoms with Gasteiger partial charge in [0.05, 0.1) is 6.54 Å². The number of anilines is 1. The molecule has 1 N–H and O–H groups in total. The molecular formula is C22H24N2O5. The third-order valence-corrected chi connectivity index (χ3v) is 4.99. The monoisotopic (exact) mass is 396 g/mol. The Hall–Kier alpha value is -3.06. The Bertz CT molecular complexity index is 894. The van der Waals surface area contributed by atoms with Gasteiger partial charge in [-0.15, -0.1) is 0 Å². The average molecular weight is 396 g/mol. The summed E-state index contributed by atoms with van der Waals surface area (Å²) < 4.78 is 17.0. The average Bonchev–Trinajstić information content (AvgIpc) is 3.28.